The third-order valence-corrected chi connectivity index (χ3v) is 5.58. The highest BCUT2D eigenvalue weighted by atomic mass is 16.6. The summed E-state index contributed by atoms with van der Waals surface area (Å²) in [5.74, 6) is 0.456. The average Bonchev–Trinajstić information content (AvgIpc) is 3.44. The van der Waals surface area contributed by atoms with Gasteiger partial charge in [-0.3, -0.25) is 9.89 Å². The number of ether oxygens (including phenoxy) is 2. The fourth-order valence-electron chi connectivity index (χ4n) is 4.17. The van der Waals surface area contributed by atoms with Gasteiger partial charge in [0.25, 0.3) is 0 Å². The van der Waals surface area contributed by atoms with Crippen LogP contribution in [0, 0.1) is 11.3 Å². The number of carbonyl (C=O) groups is 1. The Balaban J connectivity index is 1.32. The van der Waals surface area contributed by atoms with Crippen LogP contribution in [0.3, 0.4) is 0 Å². The highest BCUT2D eigenvalue weighted by Gasteiger charge is 2.47. The molecule has 1 aromatic carbocycles. The van der Waals surface area contributed by atoms with E-state index in [1.54, 1.807) is 12.0 Å². The van der Waals surface area contributed by atoms with Gasteiger partial charge in [-0.15, -0.1) is 15.0 Å². The second-order valence-corrected chi connectivity index (χ2v) is 7.36. The van der Waals surface area contributed by atoms with Crippen LogP contribution >= 0.6 is 0 Å². The Morgan fingerprint density at radius 3 is 3.07 bits per heavy atom. The van der Waals surface area contributed by atoms with Gasteiger partial charge >= 0.3 is 6.09 Å². The molecule has 2 unspecified atom stereocenters. The smallest absolute Gasteiger partial charge is 0.415 e. The van der Waals surface area contributed by atoms with E-state index in [0.717, 1.165) is 34.5 Å². The number of aliphatic imine (C=N–C) groups is 1. The lowest BCUT2D eigenvalue weighted by Gasteiger charge is -2.16. The second kappa shape index (κ2) is 7.35. The monoisotopic (exact) mass is 405 g/mol. The van der Waals surface area contributed by atoms with Crippen LogP contribution in [-0.4, -0.2) is 64.4 Å². The van der Waals surface area contributed by atoms with E-state index in [1.165, 1.54) is 4.80 Å². The normalized spacial score (nSPS) is 22.1. The summed E-state index contributed by atoms with van der Waals surface area (Å²) >= 11 is 0. The molecule has 3 aliphatic heterocycles. The number of cyclic esters (lactones) is 1. The minimum Gasteiger partial charge on any atom is -0.441 e. The molecule has 0 spiro atoms. The first kappa shape index (κ1) is 18.4. The first-order valence-corrected chi connectivity index (χ1v) is 9.67. The van der Waals surface area contributed by atoms with Crippen molar-refractivity contribution in [2.75, 3.05) is 25.2 Å². The molecule has 2 aromatic rings. The first-order valence-electron chi connectivity index (χ1n) is 9.67. The number of anilines is 1. The number of allylic oxidation sites excluding steroid dienone is 1. The molecule has 3 aliphatic rings. The Labute approximate surface area is 172 Å². The molecule has 1 saturated heterocycles. The molecule has 0 aliphatic carbocycles. The van der Waals surface area contributed by atoms with E-state index in [9.17, 15) is 4.79 Å². The molecule has 30 heavy (non-hydrogen) atoms. The number of methoxy groups -OCH3 is 1. The number of benzene rings is 1. The number of aromatic nitrogens is 4. The first-order chi connectivity index (χ1) is 14.7. The van der Waals surface area contributed by atoms with E-state index in [4.69, 9.17) is 14.7 Å². The summed E-state index contributed by atoms with van der Waals surface area (Å²) in [6, 6.07) is 8.10. The van der Waals surface area contributed by atoms with Gasteiger partial charge in [0.15, 0.2) is 0 Å². The predicted octanol–water partition coefficient (Wildman–Crippen LogP) is 1.37. The Morgan fingerprint density at radius 2 is 2.30 bits per heavy atom. The number of amides is 1. The number of fused-ring (bicyclic) bond motifs is 3. The molecule has 1 amide bonds. The lowest BCUT2D eigenvalue weighted by Crippen LogP contribution is -2.35. The number of tetrazole rings is 1. The number of nitriles is 1. The molecule has 1 aromatic heterocycles. The van der Waals surface area contributed by atoms with Crippen LogP contribution in [-0.2, 0) is 22.4 Å². The fourth-order valence-corrected chi connectivity index (χ4v) is 4.17. The Hall–Kier alpha value is -3.58. The van der Waals surface area contributed by atoms with Crippen molar-refractivity contribution in [2.45, 2.75) is 31.5 Å². The lowest BCUT2D eigenvalue weighted by atomic mass is 9.97. The summed E-state index contributed by atoms with van der Waals surface area (Å²) in [5.41, 5.74) is 5.01. The third-order valence-electron chi connectivity index (χ3n) is 5.58. The highest BCUT2D eigenvalue weighted by Crippen LogP contribution is 2.40. The molecule has 5 rings (SSSR count). The molecule has 4 heterocycles. The molecule has 0 saturated carbocycles. The summed E-state index contributed by atoms with van der Waals surface area (Å²) in [7, 11) is 1.61. The quantitative estimate of drug-likeness (QED) is 0.737. The van der Waals surface area contributed by atoms with Gasteiger partial charge in [0.1, 0.15) is 12.6 Å². The number of hydrogen-bond donors (Lipinski definition) is 0. The molecule has 152 valence electrons. The van der Waals surface area contributed by atoms with Crippen LogP contribution < -0.4 is 4.90 Å². The predicted molar refractivity (Wildman–Crippen MR) is 106 cm³/mol. The zero-order valence-electron chi connectivity index (χ0n) is 16.4. The molecule has 0 radical (unpaired) electrons. The van der Waals surface area contributed by atoms with E-state index in [0.29, 0.717) is 25.4 Å². The molecule has 0 N–H and O–H groups in total. The maximum absolute atomic E-state index is 12.3. The van der Waals surface area contributed by atoms with Crippen molar-refractivity contribution < 1.29 is 14.3 Å². The number of dihydropyridines is 1. The zero-order chi connectivity index (χ0) is 20.7. The second-order valence-electron chi connectivity index (χ2n) is 7.36. The van der Waals surface area contributed by atoms with Crippen molar-refractivity contribution in [1.82, 2.24) is 20.2 Å². The number of rotatable bonds is 5. The number of carbonyl (C=O) groups excluding carboxylic acids is 1. The molecular weight excluding hydrogens is 386 g/mol. The van der Waals surface area contributed by atoms with Crippen molar-refractivity contribution in [3.05, 3.63) is 41.2 Å². The molecule has 0 bridgehead atoms. The Morgan fingerprint density at radius 1 is 1.40 bits per heavy atom. The molecule has 2 atom stereocenters. The van der Waals surface area contributed by atoms with E-state index in [2.05, 4.69) is 32.5 Å². The highest BCUT2D eigenvalue weighted by molar-refractivity contribution is 6.01. The largest absolute Gasteiger partial charge is 0.441 e. The summed E-state index contributed by atoms with van der Waals surface area (Å²) in [4.78, 5) is 19.9. The summed E-state index contributed by atoms with van der Waals surface area (Å²) in [5, 5.41) is 20.7. The third kappa shape index (κ3) is 3.04. The average molecular weight is 405 g/mol. The minimum atomic E-state index is -0.309. The van der Waals surface area contributed by atoms with E-state index in [-0.39, 0.29) is 24.8 Å². The van der Waals surface area contributed by atoms with E-state index >= 15 is 0 Å². The maximum Gasteiger partial charge on any atom is 0.415 e. The van der Waals surface area contributed by atoms with Gasteiger partial charge in [-0.25, -0.2) is 4.79 Å². The summed E-state index contributed by atoms with van der Waals surface area (Å²) in [6.07, 6.45) is 2.91. The Kier molecular flexibility index (Phi) is 4.52. The zero-order valence-corrected chi connectivity index (χ0v) is 16.4. The molecule has 1 fully saturated rings. The number of nitrogens with zero attached hydrogens (tertiary/aromatic N) is 7. The molecule has 10 heteroatoms. The molecule has 10 nitrogen and oxygen atoms in total. The summed E-state index contributed by atoms with van der Waals surface area (Å²) < 4.78 is 10.6. The van der Waals surface area contributed by atoms with Crippen molar-refractivity contribution in [3.8, 4) is 6.07 Å². The SMILES string of the molecule is COCC1OC(=O)N2c3ccc(C4=CCC(c5nnn(CC#N)n5)=NC4)cc3CC12. The molecular formula is C20H19N7O3. The van der Waals surface area contributed by atoms with Crippen LogP contribution in [0.15, 0.2) is 29.3 Å². The van der Waals surface area contributed by atoms with Crippen LogP contribution in [0.4, 0.5) is 10.5 Å². The topological polar surface area (TPSA) is 119 Å². The van der Waals surface area contributed by atoms with Crippen LogP contribution in [0.5, 0.6) is 0 Å². The van der Waals surface area contributed by atoms with E-state index < -0.39 is 0 Å². The standard InChI is InChI=1S/C20H19N7O3/c1-29-11-18-17-9-14-8-12(3-5-16(14)27(17)20(28)30-18)13-2-4-15(22-10-13)19-23-25-26(24-19)7-6-21/h2-3,5,8,17-18H,4,7,9-11H2,1H3. The van der Waals surface area contributed by atoms with Crippen molar-refractivity contribution >= 4 is 23.1 Å². The summed E-state index contributed by atoms with van der Waals surface area (Å²) in [6.45, 7) is 0.971. The van der Waals surface area contributed by atoms with E-state index in [1.807, 2.05) is 18.2 Å². The van der Waals surface area contributed by atoms with Crippen LogP contribution in [0.25, 0.3) is 5.57 Å². The minimum absolute atomic E-state index is 0.0187. The van der Waals surface area contributed by atoms with Crippen LogP contribution in [0.1, 0.15) is 23.4 Å². The van der Waals surface area contributed by atoms with Crippen molar-refractivity contribution in [2.24, 2.45) is 4.99 Å². The van der Waals surface area contributed by atoms with Gasteiger partial charge in [0.05, 0.1) is 36.7 Å². The fraction of sp³-hybridized carbons (Fsp3) is 0.400. The van der Waals surface area contributed by atoms with Gasteiger partial charge < -0.3 is 9.47 Å². The van der Waals surface area contributed by atoms with Gasteiger partial charge in [-0.1, -0.05) is 12.1 Å². The van der Waals surface area contributed by atoms with Gasteiger partial charge in [-0.05, 0) is 40.5 Å². The number of hydrogen-bond acceptors (Lipinski definition) is 8. The van der Waals surface area contributed by atoms with Crippen LogP contribution in [0.2, 0.25) is 0 Å². The van der Waals surface area contributed by atoms with Gasteiger partial charge in [0.2, 0.25) is 5.82 Å². The van der Waals surface area contributed by atoms with Crippen molar-refractivity contribution in [3.63, 3.8) is 0 Å². The maximum atomic E-state index is 12.3. The Bertz CT molecular complexity index is 1110. The van der Waals surface area contributed by atoms with Crippen molar-refractivity contribution in [1.29, 1.82) is 5.26 Å². The van der Waals surface area contributed by atoms with Gasteiger partial charge in [0, 0.05) is 13.5 Å². The lowest BCUT2D eigenvalue weighted by molar-refractivity contribution is 0.0594. The van der Waals surface area contributed by atoms with Gasteiger partial charge in [-0.2, -0.15) is 5.26 Å².